The number of hydrogen-bond donors (Lipinski definition) is 1. The van der Waals surface area contributed by atoms with E-state index in [0.29, 0.717) is 5.92 Å². The molecule has 2 fully saturated rings. The topological polar surface area (TPSA) is 41.6 Å². The second kappa shape index (κ2) is 6.91. The molecule has 2 aliphatic heterocycles. The van der Waals surface area contributed by atoms with Crippen LogP contribution in [-0.2, 0) is 9.53 Å². The highest BCUT2D eigenvalue weighted by Gasteiger charge is 2.43. The number of amides is 1. The van der Waals surface area contributed by atoms with Gasteiger partial charge in [0.15, 0.2) is 0 Å². The van der Waals surface area contributed by atoms with Crippen molar-refractivity contribution < 1.29 is 9.53 Å². The smallest absolute Gasteiger partial charge is 0.254 e. The molecule has 4 nitrogen and oxygen atoms in total. The number of likely N-dealkylation sites (tertiary alicyclic amines) is 1. The van der Waals surface area contributed by atoms with Gasteiger partial charge in [-0.25, -0.2) is 0 Å². The van der Waals surface area contributed by atoms with Crippen molar-refractivity contribution in [3.63, 3.8) is 0 Å². The number of methoxy groups -OCH3 is 1. The van der Waals surface area contributed by atoms with Gasteiger partial charge in [-0.2, -0.15) is 0 Å². The van der Waals surface area contributed by atoms with Gasteiger partial charge in [-0.15, -0.1) is 12.4 Å². The highest BCUT2D eigenvalue weighted by atomic mass is 35.5. The molecule has 0 bridgehead atoms. The molecule has 0 saturated carbocycles. The molecule has 0 aromatic heterocycles. The summed E-state index contributed by atoms with van der Waals surface area (Å²) in [6.45, 7) is 8.05. The first-order chi connectivity index (χ1) is 8.59. The van der Waals surface area contributed by atoms with Crippen LogP contribution in [0, 0.1) is 11.8 Å². The molecule has 1 N–H and O–H groups in total. The number of rotatable bonds is 2. The summed E-state index contributed by atoms with van der Waals surface area (Å²) in [6.07, 6.45) is 2.70. The first kappa shape index (κ1) is 16.7. The van der Waals surface area contributed by atoms with Crippen LogP contribution in [0.15, 0.2) is 0 Å². The van der Waals surface area contributed by atoms with Crippen LogP contribution in [0.5, 0.6) is 0 Å². The lowest BCUT2D eigenvalue weighted by Gasteiger charge is -2.42. The first-order valence-corrected chi connectivity index (χ1v) is 7.14. The second-order valence-electron chi connectivity index (χ2n) is 5.94. The van der Waals surface area contributed by atoms with Gasteiger partial charge in [0.25, 0.3) is 5.91 Å². The van der Waals surface area contributed by atoms with E-state index in [1.807, 2.05) is 4.90 Å². The third-order valence-electron chi connectivity index (χ3n) is 4.81. The molecule has 2 saturated heterocycles. The fourth-order valence-corrected chi connectivity index (χ4v) is 3.07. The Morgan fingerprint density at radius 1 is 1.26 bits per heavy atom. The second-order valence-corrected chi connectivity index (χ2v) is 5.94. The highest BCUT2D eigenvalue weighted by molar-refractivity contribution is 5.86. The van der Waals surface area contributed by atoms with Gasteiger partial charge in [0.1, 0.15) is 5.60 Å². The monoisotopic (exact) mass is 290 g/mol. The highest BCUT2D eigenvalue weighted by Crippen LogP contribution is 2.29. The summed E-state index contributed by atoms with van der Waals surface area (Å²) >= 11 is 0. The number of carbonyl (C=O) groups excluding carboxylic acids is 1. The predicted octanol–water partition coefficient (Wildman–Crippen LogP) is 1.68. The van der Waals surface area contributed by atoms with Crippen molar-refractivity contribution in [3.8, 4) is 0 Å². The molecular weight excluding hydrogens is 264 g/mol. The number of carbonyl (C=O) groups is 1. The van der Waals surface area contributed by atoms with Gasteiger partial charge in [0, 0.05) is 20.2 Å². The van der Waals surface area contributed by atoms with E-state index in [2.05, 4.69) is 19.2 Å². The molecule has 0 radical (unpaired) electrons. The molecule has 0 aliphatic carbocycles. The summed E-state index contributed by atoms with van der Waals surface area (Å²) in [5.74, 6) is 1.53. The summed E-state index contributed by atoms with van der Waals surface area (Å²) in [7, 11) is 1.68. The summed E-state index contributed by atoms with van der Waals surface area (Å²) < 4.78 is 5.62. The quantitative estimate of drug-likeness (QED) is 0.841. The molecule has 0 aromatic carbocycles. The Kier molecular flexibility index (Phi) is 6.09. The van der Waals surface area contributed by atoms with E-state index in [0.717, 1.165) is 51.4 Å². The molecule has 1 amide bonds. The number of nitrogens with one attached hydrogen (secondary N) is 1. The number of ether oxygens (including phenoxy) is 1. The van der Waals surface area contributed by atoms with Crippen LogP contribution in [0.25, 0.3) is 0 Å². The van der Waals surface area contributed by atoms with E-state index in [9.17, 15) is 4.79 Å². The summed E-state index contributed by atoms with van der Waals surface area (Å²) in [5.41, 5.74) is -0.564. The maximum absolute atomic E-state index is 12.7. The van der Waals surface area contributed by atoms with Crippen LogP contribution in [0.4, 0.5) is 0 Å². The Bertz CT molecular complexity index is 306. The first-order valence-electron chi connectivity index (χ1n) is 7.14. The molecule has 2 atom stereocenters. The lowest BCUT2D eigenvalue weighted by atomic mass is 9.85. The summed E-state index contributed by atoms with van der Waals surface area (Å²) in [5, 5.41) is 3.30. The average Bonchev–Trinajstić information content (AvgIpc) is 2.42. The molecule has 0 aromatic rings. The third-order valence-corrected chi connectivity index (χ3v) is 4.81. The summed E-state index contributed by atoms with van der Waals surface area (Å²) in [6, 6.07) is 0. The molecule has 0 spiro atoms. The van der Waals surface area contributed by atoms with Crippen LogP contribution in [0.3, 0.4) is 0 Å². The molecule has 2 aliphatic rings. The Hall–Kier alpha value is -0.320. The van der Waals surface area contributed by atoms with Gasteiger partial charge in [0.2, 0.25) is 0 Å². The van der Waals surface area contributed by atoms with E-state index in [4.69, 9.17) is 4.74 Å². The molecule has 5 heteroatoms. The van der Waals surface area contributed by atoms with Crippen LogP contribution in [0.2, 0.25) is 0 Å². The maximum Gasteiger partial charge on any atom is 0.254 e. The van der Waals surface area contributed by atoms with Gasteiger partial charge in [-0.05, 0) is 44.2 Å². The Balaban J connectivity index is 0.00000180. The Morgan fingerprint density at radius 3 is 2.42 bits per heavy atom. The van der Waals surface area contributed by atoms with E-state index >= 15 is 0 Å². The zero-order valence-corrected chi connectivity index (χ0v) is 13.1. The van der Waals surface area contributed by atoms with Crippen LogP contribution < -0.4 is 5.32 Å². The van der Waals surface area contributed by atoms with Crippen molar-refractivity contribution in [1.29, 1.82) is 0 Å². The van der Waals surface area contributed by atoms with Crippen molar-refractivity contribution >= 4 is 18.3 Å². The number of nitrogens with zero attached hydrogens (tertiary/aromatic N) is 1. The van der Waals surface area contributed by atoms with E-state index in [1.54, 1.807) is 7.11 Å². The number of hydrogen-bond acceptors (Lipinski definition) is 3. The van der Waals surface area contributed by atoms with Crippen LogP contribution >= 0.6 is 12.4 Å². The van der Waals surface area contributed by atoms with Crippen LogP contribution in [-0.4, -0.2) is 49.7 Å². The van der Waals surface area contributed by atoms with Crippen molar-refractivity contribution in [2.45, 2.75) is 38.7 Å². The van der Waals surface area contributed by atoms with Crippen molar-refractivity contribution in [2.24, 2.45) is 11.8 Å². The lowest BCUT2D eigenvalue weighted by Crippen LogP contribution is -2.57. The zero-order valence-electron chi connectivity index (χ0n) is 12.3. The Morgan fingerprint density at radius 2 is 1.89 bits per heavy atom. The van der Waals surface area contributed by atoms with Gasteiger partial charge in [-0.1, -0.05) is 13.8 Å². The van der Waals surface area contributed by atoms with Crippen LogP contribution in [0.1, 0.15) is 33.1 Å². The SMILES string of the molecule is COC1(C(=O)N2CCC(C)C(C)C2)CCNCC1.Cl. The summed E-state index contributed by atoms with van der Waals surface area (Å²) in [4.78, 5) is 14.8. The fraction of sp³-hybridized carbons (Fsp3) is 0.929. The Labute approximate surface area is 122 Å². The third kappa shape index (κ3) is 3.41. The standard InChI is InChI=1S/C14H26N2O2.ClH/c1-11-4-9-16(10-12(11)2)13(17)14(18-3)5-7-15-8-6-14;/h11-12,15H,4-10H2,1-3H3;1H. The minimum Gasteiger partial charge on any atom is -0.368 e. The zero-order chi connectivity index (χ0) is 13.2. The largest absolute Gasteiger partial charge is 0.368 e. The predicted molar refractivity (Wildman–Crippen MR) is 78.6 cm³/mol. The molecule has 2 heterocycles. The van der Waals surface area contributed by atoms with Crippen molar-refractivity contribution in [3.05, 3.63) is 0 Å². The minimum absolute atomic E-state index is 0. The lowest BCUT2D eigenvalue weighted by molar-refractivity contribution is -0.160. The van der Waals surface area contributed by atoms with E-state index in [-0.39, 0.29) is 18.3 Å². The molecule has 2 unspecified atom stereocenters. The molecular formula is C14H27ClN2O2. The van der Waals surface area contributed by atoms with E-state index < -0.39 is 5.60 Å². The van der Waals surface area contributed by atoms with Gasteiger partial charge < -0.3 is 15.0 Å². The number of halogens is 1. The average molecular weight is 291 g/mol. The van der Waals surface area contributed by atoms with E-state index in [1.165, 1.54) is 0 Å². The molecule has 112 valence electrons. The van der Waals surface area contributed by atoms with Crippen molar-refractivity contribution in [2.75, 3.05) is 33.3 Å². The fourth-order valence-electron chi connectivity index (χ4n) is 3.07. The molecule has 19 heavy (non-hydrogen) atoms. The van der Waals surface area contributed by atoms with Crippen molar-refractivity contribution in [1.82, 2.24) is 10.2 Å². The normalized spacial score (nSPS) is 30.6. The maximum atomic E-state index is 12.7. The van der Waals surface area contributed by atoms with Gasteiger partial charge in [-0.3, -0.25) is 4.79 Å². The number of piperidine rings is 2. The minimum atomic E-state index is -0.564. The molecule has 2 rings (SSSR count). The van der Waals surface area contributed by atoms with Gasteiger partial charge in [0.05, 0.1) is 0 Å². The van der Waals surface area contributed by atoms with Gasteiger partial charge >= 0.3 is 0 Å².